The van der Waals surface area contributed by atoms with Gasteiger partial charge in [0.1, 0.15) is 17.7 Å². The van der Waals surface area contributed by atoms with Crippen molar-refractivity contribution in [1.29, 1.82) is 0 Å². The van der Waals surface area contributed by atoms with Crippen LogP contribution in [0.5, 0.6) is 5.75 Å². The summed E-state index contributed by atoms with van der Waals surface area (Å²) in [5, 5.41) is 3.01. The zero-order valence-corrected chi connectivity index (χ0v) is 15.5. The highest BCUT2D eigenvalue weighted by atomic mass is 19.1. The highest BCUT2D eigenvalue weighted by molar-refractivity contribution is 5.79. The van der Waals surface area contributed by atoms with Gasteiger partial charge in [0.05, 0.1) is 12.5 Å². The molecule has 1 saturated heterocycles. The monoisotopic (exact) mass is 369 g/mol. The number of ether oxygens (including phenoxy) is 1. The number of benzene rings is 1. The maximum Gasteiger partial charge on any atom is 0.224 e. The van der Waals surface area contributed by atoms with E-state index < -0.39 is 0 Å². The molecule has 1 fully saturated rings. The smallest absolute Gasteiger partial charge is 0.224 e. The number of pyridine rings is 1. The summed E-state index contributed by atoms with van der Waals surface area (Å²) in [5.74, 6) is 0.413. The van der Waals surface area contributed by atoms with Crippen molar-refractivity contribution < 1.29 is 13.9 Å². The van der Waals surface area contributed by atoms with Crippen molar-refractivity contribution in [2.75, 3.05) is 26.7 Å². The van der Waals surface area contributed by atoms with E-state index in [1.165, 1.54) is 6.07 Å². The van der Waals surface area contributed by atoms with Gasteiger partial charge < -0.3 is 15.0 Å². The second-order valence-electron chi connectivity index (χ2n) is 7.43. The third-order valence-electron chi connectivity index (χ3n) is 5.41. The third kappa shape index (κ3) is 3.81. The molecule has 142 valence electrons. The van der Waals surface area contributed by atoms with Crippen molar-refractivity contribution in [2.24, 2.45) is 5.92 Å². The quantitative estimate of drug-likeness (QED) is 0.900. The Bertz CT molecular complexity index is 828. The van der Waals surface area contributed by atoms with Gasteiger partial charge in [0.15, 0.2) is 0 Å². The van der Waals surface area contributed by atoms with Crippen molar-refractivity contribution in [3.63, 3.8) is 0 Å². The van der Waals surface area contributed by atoms with Crippen LogP contribution in [0.1, 0.15) is 18.4 Å². The predicted molar refractivity (Wildman–Crippen MR) is 101 cm³/mol. The zero-order valence-electron chi connectivity index (χ0n) is 15.5. The number of fused-ring (bicyclic) bond motifs is 1. The van der Waals surface area contributed by atoms with Gasteiger partial charge in [-0.3, -0.25) is 9.78 Å². The van der Waals surface area contributed by atoms with Crippen LogP contribution >= 0.6 is 0 Å². The Labute approximate surface area is 158 Å². The van der Waals surface area contributed by atoms with Gasteiger partial charge in [-0.1, -0.05) is 0 Å². The van der Waals surface area contributed by atoms with E-state index in [-0.39, 0.29) is 23.7 Å². The molecule has 1 aromatic carbocycles. The lowest BCUT2D eigenvalue weighted by molar-refractivity contribution is -0.126. The summed E-state index contributed by atoms with van der Waals surface area (Å²) in [5.41, 5.74) is 2.38. The summed E-state index contributed by atoms with van der Waals surface area (Å²) in [6.45, 7) is 2.23. The summed E-state index contributed by atoms with van der Waals surface area (Å²) < 4.78 is 20.4. The molecule has 1 amide bonds. The number of likely N-dealkylation sites (tertiary alicyclic amines) is 1. The molecule has 3 heterocycles. The highest BCUT2D eigenvalue weighted by Gasteiger charge is 2.30. The Hall–Kier alpha value is -2.47. The number of amides is 1. The Morgan fingerprint density at radius 2 is 2.15 bits per heavy atom. The van der Waals surface area contributed by atoms with Crippen LogP contribution < -0.4 is 10.1 Å². The van der Waals surface area contributed by atoms with Crippen LogP contribution in [0.4, 0.5) is 4.39 Å². The molecule has 27 heavy (non-hydrogen) atoms. The molecule has 1 aromatic heterocycles. The van der Waals surface area contributed by atoms with Crippen LogP contribution in [0.3, 0.4) is 0 Å². The molecule has 4 rings (SSSR count). The maximum atomic E-state index is 14.3. The standard InChI is InChI=1S/C21H24FN3O2/c1-25-10-2-3-15(13-25)21(26)24-12-16-11-18-19(22)5-4-17(20(18)27-16)14-6-8-23-9-7-14/h4-9,15-16H,2-3,10-13H2,1H3,(H,24,26)/t15-,16-/m1/s1. The van der Waals surface area contributed by atoms with Crippen molar-refractivity contribution in [3.8, 4) is 16.9 Å². The molecule has 2 aliphatic heterocycles. The van der Waals surface area contributed by atoms with E-state index in [0.717, 1.165) is 37.1 Å². The van der Waals surface area contributed by atoms with Gasteiger partial charge in [0.2, 0.25) is 5.91 Å². The van der Waals surface area contributed by atoms with Crippen LogP contribution in [0.25, 0.3) is 11.1 Å². The molecule has 0 bridgehead atoms. The number of nitrogens with zero attached hydrogens (tertiary/aromatic N) is 2. The van der Waals surface area contributed by atoms with Crippen LogP contribution in [-0.4, -0.2) is 48.6 Å². The van der Waals surface area contributed by atoms with Crippen LogP contribution in [-0.2, 0) is 11.2 Å². The van der Waals surface area contributed by atoms with E-state index in [2.05, 4.69) is 15.2 Å². The molecule has 0 aliphatic carbocycles. The number of carbonyl (C=O) groups is 1. The molecule has 2 aliphatic rings. The molecular formula is C21H24FN3O2. The molecular weight excluding hydrogens is 345 g/mol. The predicted octanol–water partition coefficient (Wildman–Crippen LogP) is 2.65. The number of rotatable bonds is 4. The number of aromatic nitrogens is 1. The normalized spacial score (nSPS) is 22.1. The van der Waals surface area contributed by atoms with E-state index in [1.807, 2.05) is 19.2 Å². The summed E-state index contributed by atoms with van der Waals surface area (Å²) in [4.78, 5) is 18.7. The van der Waals surface area contributed by atoms with Gasteiger partial charge in [-0.2, -0.15) is 0 Å². The first-order chi connectivity index (χ1) is 13.1. The molecule has 5 nitrogen and oxygen atoms in total. The minimum Gasteiger partial charge on any atom is -0.487 e. The van der Waals surface area contributed by atoms with E-state index in [1.54, 1.807) is 18.5 Å². The lowest BCUT2D eigenvalue weighted by Gasteiger charge is -2.29. The fourth-order valence-corrected chi connectivity index (χ4v) is 3.98. The summed E-state index contributed by atoms with van der Waals surface area (Å²) >= 11 is 0. The lowest BCUT2D eigenvalue weighted by Crippen LogP contribution is -2.44. The average Bonchev–Trinajstić information content (AvgIpc) is 3.12. The van der Waals surface area contributed by atoms with E-state index >= 15 is 0 Å². The average molecular weight is 369 g/mol. The Kier molecular flexibility index (Phi) is 5.07. The SMILES string of the molecule is CN1CCC[C@@H](C(=O)NC[C@H]2Cc3c(F)ccc(-c4ccncc4)c3O2)C1. The maximum absolute atomic E-state index is 14.3. The fraction of sp³-hybridized carbons (Fsp3) is 0.429. The second-order valence-corrected chi connectivity index (χ2v) is 7.43. The fourth-order valence-electron chi connectivity index (χ4n) is 3.98. The first kappa shape index (κ1) is 17.9. The molecule has 6 heteroatoms. The van der Waals surface area contributed by atoms with E-state index in [9.17, 15) is 9.18 Å². The Balaban J connectivity index is 1.43. The van der Waals surface area contributed by atoms with Gasteiger partial charge in [0, 0.05) is 36.5 Å². The number of piperidine rings is 1. The van der Waals surface area contributed by atoms with Crippen molar-refractivity contribution in [1.82, 2.24) is 15.2 Å². The first-order valence-electron chi connectivity index (χ1n) is 9.46. The van der Waals surface area contributed by atoms with Crippen LogP contribution in [0.15, 0.2) is 36.7 Å². The molecule has 2 aromatic rings. The first-order valence-corrected chi connectivity index (χ1v) is 9.46. The van der Waals surface area contributed by atoms with Gasteiger partial charge in [-0.05, 0) is 56.3 Å². The molecule has 0 saturated carbocycles. The largest absolute Gasteiger partial charge is 0.487 e. The third-order valence-corrected chi connectivity index (χ3v) is 5.41. The molecule has 0 unspecified atom stereocenters. The number of hydrogen-bond donors (Lipinski definition) is 1. The van der Waals surface area contributed by atoms with Crippen LogP contribution in [0.2, 0.25) is 0 Å². The Morgan fingerprint density at radius 1 is 1.33 bits per heavy atom. The number of hydrogen-bond acceptors (Lipinski definition) is 4. The van der Waals surface area contributed by atoms with Crippen LogP contribution in [0, 0.1) is 11.7 Å². The summed E-state index contributed by atoms with van der Waals surface area (Å²) in [6.07, 6.45) is 5.59. The minimum atomic E-state index is -0.259. The van der Waals surface area contributed by atoms with Gasteiger partial charge >= 0.3 is 0 Å². The van der Waals surface area contributed by atoms with E-state index in [0.29, 0.717) is 24.3 Å². The van der Waals surface area contributed by atoms with Crippen molar-refractivity contribution in [2.45, 2.75) is 25.4 Å². The number of halogens is 1. The summed E-state index contributed by atoms with van der Waals surface area (Å²) in [6, 6.07) is 6.98. The number of carbonyl (C=O) groups excluding carboxylic acids is 1. The molecule has 0 spiro atoms. The minimum absolute atomic E-state index is 0.0247. The zero-order chi connectivity index (χ0) is 18.8. The van der Waals surface area contributed by atoms with Gasteiger partial charge in [0.25, 0.3) is 0 Å². The Morgan fingerprint density at radius 3 is 2.93 bits per heavy atom. The van der Waals surface area contributed by atoms with Gasteiger partial charge in [-0.25, -0.2) is 4.39 Å². The van der Waals surface area contributed by atoms with Crippen molar-refractivity contribution >= 4 is 5.91 Å². The van der Waals surface area contributed by atoms with Gasteiger partial charge in [-0.15, -0.1) is 0 Å². The lowest BCUT2D eigenvalue weighted by atomic mass is 9.97. The number of nitrogens with one attached hydrogen (secondary N) is 1. The topological polar surface area (TPSA) is 54.5 Å². The van der Waals surface area contributed by atoms with Crippen molar-refractivity contribution in [3.05, 3.63) is 48.0 Å². The highest BCUT2D eigenvalue weighted by Crippen LogP contribution is 2.40. The second kappa shape index (κ2) is 7.64. The molecule has 2 atom stereocenters. The molecule has 0 radical (unpaired) electrons. The van der Waals surface area contributed by atoms with E-state index in [4.69, 9.17) is 4.74 Å². The summed E-state index contributed by atoms with van der Waals surface area (Å²) in [7, 11) is 2.04. The molecule has 1 N–H and O–H groups in total.